The van der Waals surface area contributed by atoms with Gasteiger partial charge in [0, 0.05) is 38.9 Å². The van der Waals surface area contributed by atoms with Crippen molar-refractivity contribution >= 4 is 52.3 Å². The number of aromatic nitrogens is 1. The second-order valence-electron chi connectivity index (χ2n) is 4.88. The van der Waals surface area contributed by atoms with E-state index in [1.807, 2.05) is 0 Å². The Kier molecular flexibility index (Phi) is 10.3. The quantitative estimate of drug-likeness (QED) is 0.602. The minimum Gasteiger partial charge on any atom is -0.383 e. The number of nitrogens with zero attached hydrogens (tertiary/aromatic N) is 2. The van der Waals surface area contributed by atoms with E-state index in [9.17, 15) is 8.42 Å². The molecule has 1 aliphatic rings. The zero-order chi connectivity index (χ0) is 15.3. The van der Waals surface area contributed by atoms with Crippen molar-refractivity contribution in [3.63, 3.8) is 0 Å². The number of sulfonamides is 1. The molecular formula is C12H22Cl3N5O2S. The van der Waals surface area contributed by atoms with Gasteiger partial charge in [0.05, 0.1) is 5.02 Å². The molecule has 134 valence electrons. The Morgan fingerprint density at radius 3 is 2.65 bits per heavy atom. The van der Waals surface area contributed by atoms with Crippen molar-refractivity contribution in [1.29, 1.82) is 0 Å². The highest BCUT2D eigenvalue weighted by atomic mass is 35.5. The van der Waals surface area contributed by atoms with E-state index in [2.05, 4.69) is 19.9 Å². The first-order valence-electron chi connectivity index (χ1n) is 6.83. The molecule has 0 amide bonds. The maximum absolute atomic E-state index is 12.1. The zero-order valence-corrected chi connectivity index (χ0v) is 15.7. The molecule has 0 unspecified atom stereocenters. The van der Waals surface area contributed by atoms with Gasteiger partial charge in [0.2, 0.25) is 10.0 Å². The predicted molar refractivity (Wildman–Crippen MR) is 97.3 cm³/mol. The Bertz CT molecular complexity index is 582. The van der Waals surface area contributed by atoms with E-state index in [0.29, 0.717) is 6.54 Å². The summed E-state index contributed by atoms with van der Waals surface area (Å²) in [5.74, 6) is -0.0472. The van der Waals surface area contributed by atoms with Gasteiger partial charge in [-0.1, -0.05) is 11.6 Å². The van der Waals surface area contributed by atoms with Crippen LogP contribution >= 0.6 is 36.4 Å². The summed E-state index contributed by atoms with van der Waals surface area (Å²) < 4.78 is 26.8. The third-order valence-electron chi connectivity index (χ3n) is 3.29. The first-order chi connectivity index (χ1) is 9.99. The summed E-state index contributed by atoms with van der Waals surface area (Å²) >= 11 is 5.76. The van der Waals surface area contributed by atoms with E-state index >= 15 is 0 Å². The molecule has 0 aromatic carbocycles. The molecule has 1 aromatic rings. The van der Waals surface area contributed by atoms with Crippen LogP contribution in [0.15, 0.2) is 17.2 Å². The molecule has 1 aliphatic heterocycles. The number of nitrogens with one attached hydrogen (secondary N) is 2. The molecule has 11 heteroatoms. The van der Waals surface area contributed by atoms with Crippen LogP contribution in [0, 0.1) is 0 Å². The average molecular weight is 407 g/mol. The van der Waals surface area contributed by atoms with E-state index in [-0.39, 0.29) is 40.6 Å². The third kappa shape index (κ3) is 6.96. The number of rotatable bonds is 6. The van der Waals surface area contributed by atoms with E-state index in [1.165, 1.54) is 12.3 Å². The fourth-order valence-corrected chi connectivity index (χ4v) is 3.57. The molecule has 0 spiro atoms. The van der Waals surface area contributed by atoms with Gasteiger partial charge in [0.15, 0.2) is 0 Å². The van der Waals surface area contributed by atoms with Crippen LogP contribution in [0.3, 0.4) is 0 Å². The smallest absolute Gasteiger partial charge is 0.244 e. The normalized spacial score (nSPS) is 15.5. The molecule has 2 heterocycles. The van der Waals surface area contributed by atoms with Crippen molar-refractivity contribution in [2.75, 3.05) is 45.0 Å². The topological polar surface area (TPSA) is 100 Å². The monoisotopic (exact) mass is 405 g/mol. The summed E-state index contributed by atoms with van der Waals surface area (Å²) in [6.07, 6.45) is 2.06. The van der Waals surface area contributed by atoms with Gasteiger partial charge in [-0.25, -0.2) is 18.1 Å². The summed E-state index contributed by atoms with van der Waals surface area (Å²) in [4.78, 5) is 5.99. The SMILES string of the molecule is Cl.Cl.Nc1ncc(Cl)cc1S(=O)(=O)NCCCN1CCNCC1. The standard InChI is InChI=1S/C12H20ClN5O2S.2ClH/c13-10-8-11(12(14)16-9-10)21(19,20)17-2-1-5-18-6-3-15-4-7-18;;/h8-9,15,17H,1-7H2,(H2,14,16);2*1H. The molecule has 0 bridgehead atoms. The minimum atomic E-state index is -3.67. The Morgan fingerprint density at radius 2 is 2.00 bits per heavy atom. The van der Waals surface area contributed by atoms with Crippen molar-refractivity contribution in [3.05, 3.63) is 17.3 Å². The van der Waals surface area contributed by atoms with Crippen LogP contribution in [0.2, 0.25) is 5.02 Å². The summed E-state index contributed by atoms with van der Waals surface area (Å²) in [6.45, 7) is 5.19. The van der Waals surface area contributed by atoms with Gasteiger partial charge in [-0.05, 0) is 19.0 Å². The largest absolute Gasteiger partial charge is 0.383 e. The molecular weight excluding hydrogens is 385 g/mol. The highest BCUT2D eigenvalue weighted by molar-refractivity contribution is 7.89. The first kappa shape index (κ1) is 22.6. The van der Waals surface area contributed by atoms with Crippen molar-refractivity contribution in [3.8, 4) is 0 Å². The molecule has 4 N–H and O–H groups in total. The lowest BCUT2D eigenvalue weighted by molar-refractivity contribution is 0.239. The predicted octanol–water partition coefficient (Wildman–Crippen LogP) is 0.734. The van der Waals surface area contributed by atoms with Gasteiger partial charge in [-0.3, -0.25) is 0 Å². The molecule has 0 radical (unpaired) electrons. The van der Waals surface area contributed by atoms with E-state index in [0.717, 1.165) is 39.1 Å². The van der Waals surface area contributed by atoms with Crippen molar-refractivity contribution in [2.24, 2.45) is 0 Å². The lowest BCUT2D eigenvalue weighted by atomic mass is 10.3. The van der Waals surface area contributed by atoms with E-state index in [4.69, 9.17) is 17.3 Å². The maximum Gasteiger partial charge on any atom is 0.244 e. The van der Waals surface area contributed by atoms with E-state index < -0.39 is 10.0 Å². The van der Waals surface area contributed by atoms with Gasteiger partial charge < -0.3 is 16.0 Å². The Labute approximate surface area is 154 Å². The summed E-state index contributed by atoms with van der Waals surface area (Å²) in [7, 11) is -3.67. The Balaban J connectivity index is 0.00000242. The lowest BCUT2D eigenvalue weighted by Gasteiger charge is -2.27. The van der Waals surface area contributed by atoms with Gasteiger partial charge in [-0.15, -0.1) is 24.8 Å². The molecule has 1 fully saturated rings. The van der Waals surface area contributed by atoms with E-state index in [1.54, 1.807) is 0 Å². The maximum atomic E-state index is 12.1. The van der Waals surface area contributed by atoms with Gasteiger partial charge >= 0.3 is 0 Å². The number of nitrogen functional groups attached to an aromatic ring is 1. The molecule has 0 aliphatic carbocycles. The number of anilines is 1. The van der Waals surface area contributed by atoms with Crippen LogP contribution < -0.4 is 15.8 Å². The zero-order valence-electron chi connectivity index (χ0n) is 12.5. The highest BCUT2D eigenvalue weighted by Crippen LogP contribution is 2.19. The van der Waals surface area contributed by atoms with Crippen LogP contribution in [-0.4, -0.2) is 57.6 Å². The lowest BCUT2D eigenvalue weighted by Crippen LogP contribution is -2.44. The van der Waals surface area contributed by atoms with Crippen molar-refractivity contribution in [2.45, 2.75) is 11.3 Å². The summed E-state index contributed by atoms with van der Waals surface area (Å²) in [5, 5.41) is 3.52. The second-order valence-corrected chi connectivity index (χ2v) is 7.05. The highest BCUT2D eigenvalue weighted by Gasteiger charge is 2.18. The number of pyridine rings is 1. The number of nitrogens with two attached hydrogens (primary N) is 1. The fourth-order valence-electron chi connectivity index (χ4n) is 2.17. The molecule has 0 atom stereocenters. The van der Waals surface area contributed by atoms with Crippen molar-refractivity contribution in [1.82, 2.24) is 19.9 Å². The number of hydrogen-bond acceptors (Lipinski definition) is 6. The van der Waals surface area contributed by atoms with Gasteiger partial charge in [0.1, 0.15) is 10.7 Å². The summed E-state index contributed by atoms with van der Waals surface area (Å²) in [6, 6.07) is 1.31. The van der Waals surface area contributed by atoms with Crippen LogP contribution in [0.1, 0.15) is 6.42 Å². The molecule has 2 rings (SSSR count). The van der Waals surface area contributed by atoms with Gasteiger partial charge in [-0.2, -0.15) is 0 Å². The number of halogens is 3. The molecule has 1 saturated heterocycles. The minimum absolute atomic E-state index is 0. The second kappa shape index (κ2) is 10.5. The van der Waals surface area contributed by atoms with Crippen LogP contribution in [0.5, 0.6) is 0 Å². The van der Waals surface area contributed by atoms with Crippen LogP contribution in [0.25, 0.3) is 0 Å². The Morgan fingerprint density at radius 1 is 1.35 bits per heavy atom. The average Bonchev–Trinajstić information content (AvgIpc) is 2.47. The molecule has 7 nitrogen and oxygen atoms in total. The number of hydrogen-bond donors (Lipinski definition) is 3. The Hall–Kier alpha value is -0.350. The molecule has 1 aromatic heterocycles. The molecule has 0 saturated carbocycles. The van der Waals surface area contributed by atoms with Crippen LogP contribution in [-0.2, 0) is 10.0 Å². The fraction of sp³-hybridized carbons (Fsp3) is 0.583. The third-order valence-corrected chi connectivity index (χ3v) is 4.99. The summed E-state index contributed by atoms with van der Waals surface area (Å²) in [5.41, 5.74) is 5.59. The first-order valence-corrected chi connectivity index (χ1v) is 8.69. The van der Waals surface area contributed by atoms with Crippen molar-refractivity contribution < 1.29 is 8.42 Å². The molecule has 23 heavy (non-hydrogen) atoms. The van der Waals surface area contributed by atoms with Crippen LogP contribution in [0.4, 0.5) is 5.82 Å². The van der Waals surface area contributed by atoms with Gasteiger partial charge in [0.25, 0.3) is 0 Å². The number of piperazine rings is 1.